The van der Waals surface area contributed by atoms with E-state index in [1.807, 2.05) is 29.3 Å². The highest BCUT2D eigenvalue weighted by molar-refractivity contribution is 7.15. The van der Waals surface area contributed by atoms with Gasteiger partial charge < -0.3 is 5.32 Å². The van der Waals surface area contributed by atoms with Crippen molar-refractivity contribution >= 4 is 11.3 Å². The number of hydrogen-bond donors (Lipinski definition) is 1. The van der Waals surface area contributed by atoms with Gasteiger partial charge in [0.2, 0.25) is 0 Å². The molecule has 3 aromatic rings. The van der Waals surface area contributed by atoms with Gasteiger partial charge in [-0.05, 0) is 36.2 Å². The van der Waals surface area contributed by atoms with Gasteiger partial charge in [-0.1, -0.05) is 30.3 Å². The predicted octanol–water partition coefficient (Wildman–Crippen LogP) is 3.48. The van der Waals surface area contributed by atoms with Gasteiger partial charge in [-0.15, -0.1) is 11.3 Å². The third kappa shape index (κ3) is 3.80. The number of aromatic nitrogens is 2. The van der Waals surface area contributed by atoms with Crippen molar-refractivity contribution in [1.29, 1.82) is 0 Å². The third-order valence-corrected chi connectivity index (χ3v) is 4.50. The first-order chi connectivity index (χ1) is 10.3. The number of rotatable bonds is 6. The second-order valence-corrected chi connectivity index (χ2v) is 6.25. The monoisotopic (exact) mass is 297 g/mol. The molecule has 0 saturated carbocycles. The Labute approximate surface area is 129 Å². The van der Waals surface area contributed by atoms with Gasteiger partial charge in [-0.25, -0.2) is 0 Å². The maximum absolute atomic E-state index is 4.18. The summed E-state index contributed by atoms with van der Waals surface area (Å²) >= 11 is 1.86. The lowest BCUT2D eigenvalue weighted by Crippen LogP contribution is -2.15. The van der Waals surface area contributed by atoms with Crippen LogP contribution in [0.4, 0.5) is 0 Å². The van der Waals surface area contributed by atoms with Crippen molar-refractivity contribution < 1.29 is 0 Å². The maximum atomic E-state index is 4.18. The number of hydrogen-bond acceptors (Lipinski definition) is 3. The highest BCUT2D eigenvalue weighted by atomic mass is 32.1. The Kier molecular flexibility index (Phi) is 4.48. The van der Waals surface area contributed by atoms with Crippen molar-refractivity contribution in [1.82, 2.24) is 15.1 Å². The molecular weight excluding hydrogens is 278 g/mol. The van der Waals surface area contributed by atoms with Crippen molar-refractivity contribution in [2.75, 3.05) is 6.54 Å². The average Bonchev–Trinajstić information content (AvgIpc) is 3.14. The van der Waals surface area contributed by atoms with Crippen molar-refractivity contribution in [2.45, 2.75) is 13.0 Å². The van der Waals surface area contributed by atoms with Crippen molar-refractivity contribution in [3.05, 3.63) is 65.3 Å². The molecule has 0 radical (unpaired) electrons. The lowest BCUT2D eigenvalue weighted by Gasteiger charge is -2.01. The Bertz CT molecular complexity index is 685. The smallest absolute Gasteiger partial charge is 0.0522 e. The number of thiophene rings is 1. The molecule has 0 fully saturated rings. The molecule has 0 amide bonds. The average molecular weight is 297 g/mol. The summed E-state index contributed by atoms with van der Waals surface area (Å²) in [6.45, 7) is 1.90. The SMILES string of the molecule is Cn1cc(CCNCc2ccc(-c3ccccc3)s2)cn1. The number of nitrogens with zero attached hydrogens (tertiary/aromatic N) is 2. The van der Waals surface area contributed by atoms with Gasteiger partial charge in [0, 0.05) is 29.5 Å². The van der Waals surface area contributed by atoms with E-state index < -0.39 is 0 Å². The zero-order valence-electron chi connectivity index (χ0n) is 12.1. The Morgan fingerprint density at radius 2 is 2.00 bits per heavy atom. The molecule has 21 heavy (non-hydrogen) atoms. The van der Waals surface area contributed by atoms with Crippen LogP contribution in [0.2, 0.25) is 0 Å². The minimum absolute atomic E-state index is 0.928. The van der Waals surface area contributed by atoms with Crippen LogP contribution in [0.15, 0.2) is 54.9 Å². The molecule has 0 spiro atoms. The van der Waals surface area contributed by atoms with E-state index >= 15 is 0 Å². The summed E-state index contributed by atoms with van der Waals surface area (Å²) in [7, 11) is 1.95. The molecule has 4 heteroatoms. The standard InChI is InChI=1S/C17H19N3S/c1-20-13-14(11-19-20)9-10-18-12-16-7-8-17(21-16)15-5-3-2-4-6-15/h2-8,11,13,18H,9-10,12H2,1H3. The first-order valence-electron chi connectivity index (χ1n) is 7.13. The first-order valence-corrected chi connectivity index (χ1v) is 7.95. The van der Waals surface area contributed by atoms with Gasteiger partial charge in [-0.2, -0.15) is 5.10 Å². The Morgan fingerprint density at radius 3 is 2.76 bits per heavy atom. The van der Waals surface area contributed by atoms with Gasteiger partial charge in [0.25, 0.3) is 0 Å². The lowest BCUT2D eigenvalue weighted by atomic mass is 10.2. The molecule has 0 aliphatic rings. The molecule has 0 aliphatic carbocycles. The van der Waals surface area contributed by atoms with Crippen LogP contribution in [0.3, 0.4) is 0 Å². The van der Waals surface area contributed by atoms with Crippen molar-refractivity contribution in [3.8, 4) is 10.4 Å². The van der Waals surface area contributed by atoms with E-state index in [2.05, 4.69) is 59.1 Å². The molecule has 1 N–H and O–H groups in total. The third-order valence-electron chi connectivity index (χ3n) is 3.37. The fourth-order valence-electron chi connectivity index (χ4n) is 2.28. The van der Waals surface area contributed by atoms with Crippen LogP contribution in [-0.4, -0.2) is 16.3 Å². The molecule has 108 valence electrons. The van der Waals surface area contributed by atoms with E-state index in [1.54, 1.807) is 0 Å². The maximum Gasteiger partial charge on any atom is 0.0522 e. The highest BCUT2D eigenvalue weighted by Gasteiger charge is 2.02. The summed E-state index contributed by atoms with van der Waals surface area (Å²) in [6, 6.07) is 15.0. The second kappa shape index (κ2) is 6.70. The summed E-state index contributed by atoms with van der Waals surface area (Å²) in [5.41, 5.74) is 2.57. The minimum Gasteiger partial charge on any atom is -0.312 e. The normalized spacial score (nSPS) is 10.9. The number of nitrogens with one attached hydrogen (secondary N) is 1. The van der Waals surface area contributed by atoms with Gasteiger partial charge in [-0.3, -0.25) is 4.68 Å². The van der Waals surface area contributed by atoms with E-state index in [1.165, 1.54) is 20.9 Å². The van der Waals surface area contributed by atoms with Crippen LogP contribution in [0.1, 0.15) is 10.4 Å². The van der Waals surface area contributed by atoms with E-state index in [4.69, 9.17) is 0 Å². The Balaban J connectivity index is 1.49. The van der Waals surface area contributed by atoms with Gasteiger partial charge in [0.1, 0.15) is 0 Å². The van der Waals surface area contributed by atoms with Crippen LogP contribution in [0.25, 0.3) is 10.4 Å². The molecule has 0 unspecified atom stereocenters. The summed E-state index contributed by atoms with van der Waals surface area (Å²) in [5.74, 6) is 0. The zero-order chi connectivity index (χ0) is 14.5. The molecule has 2 aromatic heterocycles. The summed E-state index contributed by atoms with van der Waals surface area (Å²) < 4.78 is 1.85. The molecule has 0 aliphatic heterocycles. The van der Waals surface area contributed by atoms with Crippen LogP contribution >= 0.6 is 11.3 Å². The number of aryl methyl sites for hydroxylation is 1. The fourth-order valence-corrected chi connectivity index (χ4v) is 3.26. The van der Waals surface area contributed by atoms with Crippen LogP contribution in [0.5, 0.6) is 0 Å². The molecule has 0 saturated heterocycles. The van der Waals surface area contributed by atoms with Crippen LogP contribution < -0.4 is 5.32 Å². The van der Waals surface area contributed by atoms with Crippen LogP contribution in [0, 0.1) is 0 Å². The predicted molar refractivity (Wildman–Crippen MR) is 88.4 cm³/mol. The topological polar surface area (TPSA) is 29.9 Å². The Hall–Kier alpha value is -1.91. The number of benzene rings is 1. The lowest BCUT2D eigenvalue weighted by molar-refractivity contribution is 0.693. The molecule has 2 heterocycles. The van der Waals surface area contributed by atoms with Gasteiger partial charge in [0.05, 0.1) is 6.20 Å². The minimum atomic E-state index is 0.928. The van der Waals surface area contributed by atoms with Crippen molar-refractivity contribution in [2.24, 2.45) is 7.05 Å². The summed E-state index contributed by atoms with van der Waals surface area (Å²) in [5, 5.41) is 7.68. The van der Waals surface area contributed by atoms with Crippen LogP contribution in [-0.2, 0) is 20.0 Å². The summed E-state index contributed by atoms with van der Waals surface area (Å²) in [4.78, 5) is 2.71. The van der Waals surface area contributed by atoms with Gasteiger partial charge in [0.15, 0.2) is 0 Å². The second-order valence-electron chi connectivity index (χ2n) is 5.08. The van der Waals surface area contributed by atoms with Gasteiger partial charge >= 0.3 is 0 Å². The van der Waals surface area contributed by atoms with Crippen molar-refractivity contribution in [3.63, 3.8) is 0 Å². The molecule has 0 bridgehead atoms. The first kappa shape index (κ1) is 14.0. The largest absolute Gasteiger partial charge is 0.312 e. The highest BCUT2D eigenvalue weighted by Crippen LogP contribution is 2.27. The molecule has 3 nitrogen and oxygen atoms in total. The molecular formula is C17H19N3S. The molecule has 1 aromatic carbocycles. The summed E-state index contributed by atoms with van der Waals surface area (Å²) in [6.07, 6.45) is 5.02. The fraction of sp³-hybridized carbons (Fsp3) is 0.235. The quantitative estimate of drug-likeness (QED) is 0.706. The van der Waals surface area contributed by atoms with E-state index in [0.717, 1.165) is 19.5 Å². The Morgan fingerprint density at radius 1 is 1.14 bits per heavy atom. The molecule has 3 rings (SSSR count). The van der Waals surface area contributed by atoms with E-state index in [9.17, 15) is 0 Å². The van der Waals surface area contributed by atoms with E-state index in [-0.39, 0.29) is 0 Å². The zero-order valence-corrected chi connectivity index (χ0v) is 12.9. The molecule has 0 atom stereocenters. The van der Waals surface area contributed by atoms with E-state index in [0.29, 0.717) is 0 Å².